The SMILES string of the molecule is CC[C@@](C)(CCCNC(=O)c1ccc(C)c(C)c1)C1OCCO1. The maximum Gasteiger partial charge on any atom is 0.251 e. The number of nitrogens with one attached hydrogen (secondary N) is 1. The van der Waals surface area contributed by atoms with Crippen LogP contribution < -0.4 is 5.32 Å². The summed E-state index contributed by atoms with van der Waals surface area (Å²) in [5.74, 6) is -0.000307. The van der Waals surface area contributed by atoms with E-state index in [4.69, 9.17) is 9.47 Å². The van der Waals surface area contributed by atoms with E-state index in [9.17, 15) is 4.79 Å². The Hall–Kier alpha value is -1.39. The van der Waals surface area contributed by atoms with Crippen molar-refractivity contribution < 1.29 is 14.3 Å². The van der Waals surface area contributed by atoms with Gasteiger partial charge in [-0.1, -0.05) is 19.9 Å². The number of hydrogen-bond donors (Lipinski definition) is 1. The summed E-state index contributed by atoms with van der Waals surface area (Å²) >= 11 is 0. The van der Waals surface area contributed by atoms with E-state index in [0.717, 1.165) is 30.4 Å². The predicted octanol–water partition coefficient (Wildman–Crippen LogP) is 3.60. The molecule has 23 heavy (non-hydrogen) atoms. The molecule has 2 rings (SSSR count). The molecule has 1 saturated heterocycles. The highest BCUT2D eigenvalue weighted by Crippen LogP contribution is 2.35. The van der Waals surface area contributed by atoms with E-state index in [-0.39, 0.29) is 17.6 Å². The lowest BCUT2D eigenvalue weighted by molar-refractivity contribution is -0.131. The number of carbonyl (C=O) groups excluding carboxylic acids is 1. The molecule has 0 radical (unpaired) electrons. The summed E-state index contributed by atoms with van der Waals surface area (Å²) in [6.07, 6.45) is 2.79. The van der Waals surface area contributed by atoms with Crippen LogP contribution in [0.15, 0.2) is 18.2 Å². The van der Waals surface area contributed by atoms with Crippen molar-refractivity contribution in [2.24, 2.45) is 5.41 Å². The number of ether oxygens (including phenoxy) is 2. The Morgan fingerprint density at radius 1 is 1.26 bits per heavy atom. The zero-order valence-corrected chi connectivity index (χ0v) is 14.8. The minimum absolute atomic E-state index is 0.000307. The monoisotopic (exact) mass is 319 g/mol. The van der Waals surface area contributed by atoms with Gasteiger partial charge in [-0.05, 0) is 56.4 Å². The Morgan fingerprint density at radius 3 is 2.57 bits per heavy atom. The number of benzene rings is 1. The summed E-state index contributed by atoms with van der Waals surface area (Å²) in [5, 5.41) is 3.01. The van der Waals surface area contributed by atoms with Crippen LogP contribution in [0.3, 0.4) is 0 Å². The van der Waals surface area contributed by atoms with E-state index in [0.29, 0.717) is 19.8 Å². The highest BCUT2D eigenvalue weighted by Gasteiger charge is 2.36. The van der Waals surface area contributed by atoms with Crippen LogP contribution in [0.25, 0.3) is 0 Å². The van der Waals surface area contributed by atoms with Crippen molar-refractivity contribution in [1.29, 1.82) is 0 Å². The van der Waals surface area contributed by atoms with E-state index in [1.54, 1.807) is 0 Å². The van der Waals surface area contributed by atoms with Crippen molar-refractivity contribution >= 4 is 5.91 Å². The Kier molecular flexibility index (Phi) is 6.19. The lowest BCUT2D eigenvalue weighted by atomic mass is 9.82. The van der Waals surface area contributed by atoms with Crippen LogP contribution in [-0.2, 0) is 9.47 Å². The number of amides is 1. The summed E-state index contributed by atoms with van der Waals surface area (Å²) in [6.45, 7) is 10.5. The fourth-order valence-electron chi connectivity index (χ4n) is 2.90. The van der Waals surface area contributed by atoms with Crippen LogP contribution in [0.5, 0.6) is 0 Å². The summed E-state index contributed by atoms with van der Waals surface area (Å²) in [7, 11) is 0. The second-order valence-corrected chi connectivity index (χ2v) is 6.74. The van der Waals surface area contributed by atoms with Crippen LogP contribution in [0.1, 0.15) is 54.6 Å². The highest BCUT2D eigenvalue weighted by molar-refractivity contribution is 5.94. The Labute approximate surface area is 139 Å². The third kappa shape index (κ3) is 4.55. The molecule has 1 atom stereocenters. The number of carbonyl (C=O) groups is 1. The van der Waals surface area contributed by atoms with Gasteiger partial charge in [-0.25, -0.2) is 0 Å². The van der Waals surface area contributed by atoms with Gasteiger partial charge in [0, 0.05) is 17.5 Å². The topological polar surface area (TPSA) is 47.6 Å². The van der Waals surface area contributed by atoms with E-state index >= 15 is 0 Å². The van der Waals surface area contributed by atoms with Gasteiger partial charge < -0.3 is 14.8 Å². The van der Waals surface area contributed by atoms with Gasteiger partial charge in [0.15, 0.2) is 6.29 Å². The molecular weight excluding hydrogens is 290 g/mol. The fraction of sp³-hybridized carbons (Fsp3) is 0.632. The molecular formula is C19H29NO3. The van der Waals surface area contributed by atoms with E-state index in [1.165, 1.54) is 5.56 Å². The van der Waals surface area contributed by atoms with Crippen LogP contribution >= 0.6 is 0 Å². The summed E-state index contributed by atoms with van der Waals surface area (Å²) in [4.78, 5) is 12.2. The first-order valence-electron chi connectivity index (χ1n) is 8.55. The van der Waals surface area contributed by atoms with Gasteiger partial charge in [-0.2, -0.15) is 0 Å². The fourth-order valence-corrected chi connectivity index (χ4v) is 2.90. The number of aryl methyl sites for hydroxylation is 2. The average Bonchev–Trinajstić information content (AvgIpc) is 3.09. The molecule has 0 aromatic heterocycles. The molecule has 4 nitrogen and oxygen atoms in total. The predicted molar refractivity (Wildman–Crippen MR) is 91.6 cm³/mol. The smallest absolute Gasteiger partial charge is 0.251 e. The van der Waals surface area contributed by atoms with Crippen LogP contribution in [0, 0.1) is 19.3 Å². The zero-order valence-electron chi connectivity index (χ0n) is 14.8. The third-order valence-corrected chi connectivity index (χ3v) is 4.98. The molecule has 4 heteroatoms. The molecule has 128 valence electrons. The molecule has 1 N–H and O–H groups in total. The largest absolute Gasteiger partial charge is 0.352 e. The normalized spacial score (nSPS) is 17.9. The Balaban J connectivity index is 1.79. The molecule has 1 heterocycles. The Morgan fingerprint density at radius 2 is 1.96 bits per heavy atom. The van der Waals surface area contributed by atoms with Gasteiger partial charge in [0.2, 0.25) is 0 Å². The summed E-state index contributed by atoms with van der Waals surface area (Å²) in [5.41, 5.74) is 3.10. The second-order valence-electron chi connectivity index (χ2n) is 6.74. The van der Waals surface area contributed by atoms with Crippen LogP contribution in [0.2, 0.25) is 0 Å². The average molecular weight is 319 g/mol. The standard InChI is InChI=1S/C19H29NO3/c1-5-19(4,18-22-11-12-23-18)9-6-10-20-17(21)16-8-7-14(2)15(3)13-16/h7-8,13,18H,5-6,9-12H2,1-4H3,(H,20,21)/t19-/m0/s1. The maximum atomic E-state index is 12.2. The van der Waals surface area contributed by atoms with Crippen molar-refractivity contribution in [3.8, 4) is 0 Å². The second kappa shape index (κ2) is 7.93. The molecule has 0 saturated carbocycles. The molecule has 0 spiro atoms. The lowest BCUT2D eigenvalue weighted by Gasteiger charge is -2.33. The Bertz CT molecular complexity index is 537. The molecule has 1 aliphatic rings. The molecule has 0 unspecified atom stereocenters. The number of rotatable bonds is 7. The molecule has 0 aliphatic carbocycles. The highest BCUT2D eigenvalue weighted by atomic mass is 16.7. The van der Waals surface area contributed by atoms with Gasteiger partial charge >= 0.3 is 0 Å². The van der Waals surface area contributed by atoms with Gasteiger partial charge in [0.1, 0.15) is 0 Å². The lowest BCUT2D eigenvalue weighted by Crippen LogP contribution is -2.34. The quantitative estimate of drug-likeness (QED) is 0.781. The molecule has 1 fully saturated rings. The molecule has 0 bridgehead atoms. The van der Waals surface area contributed by atoms with Crippen molar-refractivity contribution in [2.75, 3.05) is 19.8 Å². The van der Waals surface area contributed by atoms with E-state index in [1.807, 2.05) is 25.1 Å². The van der Waals surface area contributed by atoms with Crippen molar-refractivity contribution in [3.63, 3.8) is 0 Å². The van der Waals surface area contributed by atoms with Gasteiger partial charge in [0.05, 0.1) is 13.2 Å². The van der Waals surface area contributed by atoms with Crippen LogP contribution in [-0.4, -0.2) is 32.0 Å². The minimum atomic E-state index is -0.108. The van der Waals surface area contributed by atoms with Gasteiger partial charge in [-0.3, -0.25) is 4.79 Å². The van der Waals surface area contributed by atoms with Gasteiger partial charge in [0.25, 0.3) is 5.91 Å². The van der Waals surface area contributed by atoms with Gasteiger partial charge in [-0.15, -0.1) is 0 Å². The molecule has 1 aliphatic heterocycles. The first-order valence-corrected chi connectivity index (χ1v) is 8.55. The molecule has 1 aromatic carbocycles. The van der Waals surface area contributed by atoms with Crippen LogP contribution in [0.4, 0.5) is 0 Å². The third-order valence-electron chi connectivity index (χ3n) is 4.98. The van der Waals surface area contributed by atoms with E-state index < -0.39 is 0 Å². The number of hydrogen-bond acceptors (Lipinski definition) is 3. The minimum Gasteiger partial charge on any atom is -0.352 e. The first-order chi connectivity index (χ1) is 11.0. The zero-order chi connectivity index (χ0) is 16.9. The molecule has 1 aromatic rings. The first kappa shape index (κ1) is 18.0. The maximum absolute atomic E-state index is 12.2. The summed E-state index contributed by atoms with van der Waals surface area (Å²) < 4.78 is 11.3. The van der Waals surface area contributed by atoms with Crippen molar-refractivity contribution in [2.45, 2.75) is 53.2 Å². The van der Waals surface area contributed by atoms with E-state index in [2.05, 4.69) is 26.1 Å². The summed E-state index contributed by atoms with van der Waals surface area (Å²) in [6, 6.07) is 5.82. The molecule has 1 amide bonds. The van der Waals surface area contributed by atoms with Crippen molar-refractivity contribution in [1.82, 2.24) is 5.32 Å². The van der Waals surface area contributed by atoms with Crippen molar-refractivity contribution in [3.05, 3.63) is 34.9 Å².